The van der Waals surface area contributed by atoms with Crippen LogP contribution >= 0.6 is 24.2 Å². The standard InChI is InChI=1S/C10H9ClO2S/c11-10(13)8(6-14)9(12)7-4-2-1-3-5-7/h1-5,8,14H,6H2/t8-/m1/s1. The first kappa shape index (κ1) is 11.3. The summed E-state index contributed by atoms with van der Waals surface area (Å²) in [4.78, 5) is 22.5. The second-order valence-corrected chi connectivity index (χ2v) is 3.51. The molecule has 1 rings (SSSR count). The highest BCUT2D eigenvalue weighted by molar-refractivity contribution is 7.80. The van der Waals surface area contributed by atoms with Gasteiger partial charge in [-0.15, -0.1) is 0 Å². The van der Waals surface area contributed by atoms with Crippen LogP contribution in [0.25, 0.3) is 0 Å². The van der Waals surface area contributed by atoms with Crippen LogP contribution in [-0.4, -0.2) is 16.8 Å². The van der Waals surface area contributed by atoms with Gasteiger partial charge in [0, 0.05) is 11.3 Å². The van der Waals surface area contributed by atoms with Crippen molar-refractivity contribution in [3.05, 3.63) is 35.9 Å². The van der Waals surface area contributed by atoms with Crippen LogP contribution in [-0.2, 0) is 4.79 Å². The predicted octanol–water partition coefficient (Wildman–Crippen LogP) is 2.18. The third-order valence-corrected chi connectivity index (χ3v) is 2.46. The molecule has 0 aromatic heterocycles. The number of thiol groups is 1. The van der Waals surface area contributed by atoms with Gasteiger partial charge in [-0.1, -0.05) is 30.3 Å². The van der Waals surface area contributed by atoms with Gasteiger partial charge in [-0.2, -0.15) is 12.6 Å². The Labute approximate surface area is 92.7 Å². The van der Waals surface area contributed by atoms with Gasteiger partial charge in [-0.3, -0.25) is 9.59 Å². The van der Waals surface area contributed by atoms with E-state index in [-0.39, 0.29) is 11.5 Å². The minimum absolute atomic E-state index is 0.135. The number of halogens is 1. The maximum absolute atomic E-state index is 11.7. The fourth-order valence-corrected chi connectivity index (χ4v) is 1.68. The van der Waals surface area contributed by atoms with Crippen molar-refractivity contribution in [3.63, 3.8) is 0 Å². The van der Waals surface area contributed by atoms with Crippen LogP contribution in [0.15, 0.2) is 30.3 Å². The third-order valence-electron chi connectivity index (χ3n) is 1.83. The Morgan fingerprint density at radius 1 is 1.29 bits per heavy atom. The van der Waals surface area contributed by atoms with Crippen LogP contribution in [0, 0.1) is 5.92 Å². The number of Topliss-reactive ketones (excluding diaryl/α,β-unsaturated/α-hetero) is 1. The minimum atomic E-state index is -0.845. The lowest BCUT2D eigenvalue weighted by atomic mass is 10.0. The van der Waals surface area contributed by atoms with E-state index < -0.39 is 11.2 Å². The SMILES string of the molecule is O=C(Cl)[C@H](CS)C(=O)c1ccccc1. The molecule has 0 aliphatic carbocycles. The van der Waals surface area contributed by atoms with E-state index in [4.69, 9.17) is 11.6 Å². The Balaban J connectivity index is 2.89. The zero-order valence-corrected chi connectivity index (χ0v) is 8.96. The summed E-state index contributed by atoms with van der Waals surface area (Å²) < 4.78 is 0. The number of carbonyl (C=O) groups is 2. The maximum Gasteiger partial charge on any atom is 0.233 e. The van der Waals surface area contributed by atoms with Crippen LogP contribution in [0.2, 0.25) is 0 Å². The summed E-state index contributed by atoms with van der Waals surface area (Å²) in [6, 6.07) is 8.58. The maximum atomic E-state index is 11.7. The summed E-state index contributed by atoms with van der Waals surface area (Å²) in [6.45, 7) is 0. The van der Waals surface area contributed by atoms with Crippen molar-refractivity contribution in [2.45, 2.75) is 0 Å². The number of rotatable bonds is 4. The lowest BCUT2D eigenvalue weighted by molar-refractivity contribution is -0.113. The van der Waals surface area contributed by atoms with Crippen LogP contribution < -0.4 is 0 Å². The molecule has 0 saturated carbocycles. The quantitative estimate of drug-likeness (QED) is 0.371. The molecule has 0 N–H and O–H groups in total. The largest absolute Gasteiger partial charge is 0.293 e. The molecule has 0 aliphatic heterocycles. The normalized spacial score (nSPS) is 12.1. The molecule has 74 valence electrons. The van der Waals surface area contributed by atoms with Crippen molar-refractivity contribution in [1.82, 2.24) is 0 Å². The molecule has 0 fully saturated rings. The molecule has 0 saturated heterocycles. The molecule has 1 aromatic carbocycles. The van der Waals surface area contributed by atoms with Crippen LogP contribution in [0.1, 0.15) is 10.4 Å². The highest BCUT2D eigenvalue weighted by Crippen LogP contribution is 2.13. The van der Waals surface area contributed by atoms with Crippen molar-refractivity contribution in [2.24, 2.45) is 5.92 Å². The van der Waals surface area contributed by atoms with E-state index in [9.17, 15) is 9.59 Å². The highest BCUT2D eigenvalue weighted by atomic mass is 35.5. The Morgan fingerprint density at radius 3 is 2.29 bits per heavy atom. The Kier molecular flexibility index (Phi) is 4.17. The lowest BCUT2D eigenvalue weighted by Crippen LogP contribution is -2.22. The zero-order chi connectivity index (χ0) is 10.6. The molecule has 0 unspecified atom stereocenters. The van der Waals surface area contributed by atoms with Gasteiger partial charge in [-0.05, 0) is 11.6 Å². The van der Waals surface area contributed by atoms with Crippen molar-refractivity contribution >= 4 is 35.3 Å². The van der Waals surface area contributed by atoms with Gasteiger partial charge >= 0.3 is 0 Å². The molecular weight excluding hydrogens is 220 g/mol. The Bertz CT molecular complexity index is 337. The molecule has 14 heavy (non-hydrogen) atoms. The number of benzene rings is 1. The second-order valence-electron chi connectivity index (χ2n) is 2.77. The molecule has 1 aromatic rings. The van der Waals surface area contributed by atoms with Crippen molar-refractivity contribution in [2.75, 3.05) is 5.75 Å². The zero-order valence-electron chi connectivity index (χ0n) is 7.31. The molecule has 1 atom stereocenters. The van der Waals surface area contributed by atoms with Crippen LogP contribution in [0.4, 0.5) is 0 Å². The predicted molar refractivity (Wildman–Crippen MR) is 59.0 cm³/mol. The molecule has 2 nitrogen and oxygen atoms in total. The Hall–Kier alpha value is -0.800. The first-order valence-electron chi connectivity index (χ1n) is 4.06. The number of carbonyl (C=O) groups excluding carboxylic acids is 2. The first-order valence-corrected chi connectivity index (χ1v) is 5.07. The van der Waals surface area contributed by atoms with Crippen molar-refractivity contribution < 1.29 is 9.59 Å². The molecular formula is C10H9ClO2S. The van der Waals surface area contributed by atoms with Crippen molar-refractivity contribution in [3.8, 4) is 0 Å². The number of hydrogen-bond donors (Lipinski definition) is 1. The molecule has 0 spiro atoms. The monoisotopic (exact) mass is 228 g/mol. The molecule has 0 aliphatic rings. The summed E-state index contributed by atoms with van der Waals surface area (Å²) in [5.74, 6) is -0.987. The van der Waals surface area contributed by atoms with Gasteiger partial charge in [0.1, 0.15) is 5.92 Å². The van der Waals surface area contributed by atoms with Gasteiger partial charge in [0.15, 0.2) is 5.78 Å². The van der Waals surface area contributed by atoms with Crippen molar-refractivity contribution in [1.29, 1.82) is 0 Å². The summed E-state index contributed by atoms with van der Waals surface area (Å²) in [7, 11) is 0. The first-order chi connectivity index (χ1) is 6.66. The van der Waals surface area contributed by atoms with Crippen LogP contribution in [0.5, 0.6) is 0 Å². The Morgan fingerprint density at radius 2 is 1.86 bits per heavy atom. The lowest BCUT2D eigenvalue weighted by Gasteiger charge is -2.07. The molecule has 0 radical (unpaired) electrons. The summed E-state index contributed by atoms with van der Waals surface area (Å²) in [6.07, 6.45) is 0. The van der Waals surface area contributed by atoms with E-state index in [2.05, 4.69) is 12.6 Å². The van der Waals surface area contributed by atoms with E-state index >= 15 is 0 Å². The average molecular weight is 229 g/mol. The summed E-state index contributed by atoms with van der Waals surface area (Å²) >= 11 is 9.20. The van der Waals surface area contributed by atoms with Gasteiger partial charge in [0.2, 0.25) is 5.24 Å². The topological polar surface area (TPSA) is 34.1 Å². The van der Waals surface area contributed by atoms with E-state index in [1.54, 1.807) is 30.3 Å². The minimum Gasteiger partial charge on any atom is -0.293 e. The van der Waals surface area contributed by atoms with Gasteiger partial charge in [-0.25, -0.2) is 0 Å². The van der Waals surface area contributed by atoms with Gasteiger partial charge < -0.3 is 0 Å². The molecule has 0 bridgehead atoms. The van der Waals surface area contributed by atoms with E-state index in [0.717, 1.165) is 0 Å². The van der Waals surface area contributed by atoms with Gasteiger partial charge in [0.25, 0.3) is 0 Å². The highest BCUT2D eigenvalue weighted by Gasteiger charge is 2.24. The fraction of sp³-hybridized carbons (Fsp3) is 0.200. The number of hydrogen-bond acceptors (Lipinski definition) is 3. The average Bonchev–Trinajstić information content (AvgIpc) is 2.19. The second kappa shape index (κ2) is 5.17. The molecule has 0 amide bonds. The summed E-state index contributed by atoms with van der Waals surface area (Å²) in [5.41, 5.74) is 0.487. The van der Waals surface area contributed by atoms with E-state index in [1.807, 2.05) is 0 Å². The van der Waals surface area contributed by atoms with Crippen LogP contribution in [0.3, 0.4) is 0 Å². The van der Waals surface area contributed by atoms with E-state index in [1.165, 1.54) is 0 Å². The molecule has 4 heteroatoms. The third kappa shape index (κ3) is 2.59. The fourth-order valence-electron chi connectivity index (χ4n) is 1.06. The summed E-state index contributed by atoms with van der Waals surface area (Å²) in [5, 5.41) is -0.658. The smallest absolute Gasteiger partial charge is 0.233 e. The van der Waals surface area contributed by atoms with Gasteiger partial charge in [0.05, 0.1) is 0 Å². The van der Waals surface area contributed by atoms with E-state index in [0.29, 0.717) is 5.56 Å². The molecule has 0 heterocycles. The number of ketones is 1.